The quantitative estimate of drug-likeness (QED) is 0.718. The Kier molecular flexibility index (Phi) is 5.65. The largest absolute Gasteiger partial charge is 0.508 e. The number of phenols is 1. The molecular weight excluding hydrogens is 386 g/mol. The van der Waals surface area contributed by atoms with Crippen LogP contribution in [0.3, 0.4) is 0 Å². The van der Waals surface area contributed by atoms with E-state index in [1.54, 1.807) is 34.6 Å². The molecule has 0 saturated heterocycles. The van der Waals surface area contributed by atoms with Gasteiger partial charge in [-0.15, -0.1) is 0 Å². The lowest BCUT2D eigenvalue weighted by Gasteiger charge is -2.34. The van der Waals surface area contributed by atoms with Crippen LogP contribution in [0.1, 0.15) is 62.1 Å². The van der Waals surface area contributed by atoms with Crippen molar-refractivity contribution in [3.05, 3.63) is 59.2 Å². The van der Waals surface area contributed by atoms with Crippen LogP contribution in [0, 0.1) is 0 Å². The summed E-state index contributed by atoms with van der Waals surface area (Å²) in [5, 5.41) is 13.1. The molecule has 7 nitrogen and oxygen atoms in total. The number of hydrogen-bond donors (Lipinski definition) is 2. The van der Waals surface area contributed by atoms with Gasteiger partial charge in [0.25, 0.3) is 0 Å². The molecule has 2 aromatic carbocycles. The van der Waals surface area contributed by atoms with Crippen molar-refractivity contribution in [2.24, 2.45) is 0 Å². The second-order valence-electron chi connectivity index (χ2n) is 8.69. The molecule has 2 N–H and O–H groups in total. The van der Waals surface area contributed by atoms with E-state index in [0.29, 0.717) is 12.0 Å². The van der Waals surface area contributed by atoms with E-state index in [1.807, 2.05) is 30.3 Å². The number of carbonyl (C=O) groups is 2. The molecule has 1 aliphatic heterocycles. The maximum atomic E-state index is 12.8. The standard InChI is InChI=1S/C23H27NO6/c1-22(2,3)30-21(27)24-17(11-14-9-7-6-8-10-14)16-12-15(25)13-18-19(16)20(26)29-23(4,5)28-18/h6-10,12-13,17,25H,11H2,1-5H3,(H,24,27)/t17-/m0/s1. The Bertz CT molecular complexity index is 946. The zero-order valence-electron chi connectivity index (χ0n) is 17.8. The molecule has 0 radical (unpaired) electrons. The van der Waals surface area contributed by atoms with Gasteiger partial charge in [0.2, 0.25) is 5.79 Å². The first-order valence-corrected chi connectivity index (χ1v) is 9.76. The Morgan fingerprint density at radius 2 is 1.83 bits per heavy atom. The third kappa shape index (κ3) is 5.23. The fourth-order valence-corrected chi connectivity index (χ4v) is 3.29. The van der Waals surface area contributed by atoms with Gasteiger partial charge in [-0.3, -0.25) is 0 Å². The van der Waals surface area contributed by atoms with Crippen LogP contribution in [-0.2, 0) is 15.9 Å². The van der Waals surface area contributed by atoms with E-state index in [1.165, 1.54) is 12.1 Å². The summed E-state index contributed by atoms with van der Waals surface area (Å²) in [4.78, 5) is 25.3. The van der Waals surface area contributed by atoms with Crippen molar-refractivity contribution in [2.45, 2.75) is 58.5 Å². The highest BCUT2D eigenvalue weighted by Gasteiger charge is 2.38. The minimum atomic E-state index is -1.16. The molecule has 1 aliphatic rings. The second-order valence-corrected chi connectivity index (χ2v) is 8.69. The Balaban J connectivity index is 2.04. The van der Waals surface area contributed by atoms with Gasteiger partial charge >= 0.3 is 12.1 Å². The molecule has 0 spiro atoms. The van der Waals surface area contributed by atoms with Gasteiger partial charge in [0.15, 0.2) is 0 Å². The van der Waals surface area contributed by atoms with Crippen molar-refractivity contribution in [2.75, 3.05) is 0 Å². The number of aromatic hydroxyl groups is 1. The first-order valence-electron chi connectivity index (χ1n) is 9.76. The molecule has 1 amide bonds. The number of benzene rings is 2. The van der Waals surface area contributed by atoms with Crippen molar-refractivity contribution >= 4 is 12.1 Å². The van der Waals surface area contributed by atoms with Gasteiger partial charge in [0.1, 0.15) is 22.7 Å². The first-order chi connectivity index (χ1) is 13.9. The van der Waals surface area contributed by atoms with Crippen molar-refractivity contribution in [1.29, 1.82) is 0 Å². The van der Waals surface area contributed by atoms with Crippen molar-refractivity contribution in [3.63, 3.8) is 0 Å². The molecule has 2 aromatic rings. The van der Waals surface area contributed by atoms with Gasteiger partial charge in [0.05, 0.1) is 6.04 Å². The number of ether oxygens (including phenoxy) is 3. The van der Waals surface area contributed by atoms with Crippen LogP contribution in [-0.4, -0.2) is 28.6 Å². The highest BCUT2D eigenvalue weighted by atomic mass is 16.7. The first kappa shape index (κ1) is 21.5. The Hall–Kier alpha value is -3.22. The van der Waals surface area contributed by atoms with Crippen LogP contribution in [0.2, 0.25) is 0 Å². The van der Waals surface area contributed by atoms with Gasteiger partial charge < -0.3 is 24.6 Å². The van der Waals surface area contributed by atoms with Crippen LogP contribution in [0.4, 0.5) is 4.79 Å². The topological polar surface area (TPSA) is 94.1 Å². The number of esters is 1. The van der Waals surface area contributed by atoms with E-state index in [-0.39, 0.29) is 17.1 Å². The van der Waals surface area contributed by atoms with E-state index >= 15 is 0 Å². The number of alkyl carbamates (subject to hydrolysis) is 1. The van der Waals surface area contributed by atoms with Crippen LogP contribution in [0.15, 0.2) is 42.5 Å². The number of amides is 1. The molecule has 0 aromatic heterocycles. The molecule has 0 saturated carbocycles. The molecule has 0 aliphatic carbocycles. The molecule has 160 valence electrons. The van der Waals surface area contributed by atoms with Gasteiger partial charge in [-0.2, -0.15) is 0 Å². The lowest BCUT2D eigenvalue weighted by molar-refractivity contribution is -0.127. The van der Waals surface area contributed by atoms with Gasteiger partial charge in [-0.25, -0.2) is 9.59 Å². The van der Waals surface area contributed by atoms with Gasteiger partial charge in [-0.1, -0.05) is 30.3 Å². The monoisotopic (exact) mass is 413 g/mol. The summed E-state index contributed by atoms with van der Waals surface area (Å²) < 4.78 is 16.5. The molecule has 7 heteroatoms. The third-order valence-corrected chi connectivity index (χ3v) is 4.36. The van der Waals surface area contributed by atoms with E-state index in [2.05, 4.69) is 5.32 Å². The number of hydrogen-bond acceptors (Lipinski definition) is 6. The van der Waals surface area contributed by atoms with Crippen LogP contribution < -0.4 is 10.1 Å². The predicted molar refractivity (Wildman–Crippen MR) is 110 cm³/mol. The zero-order chi connectivity index (χ0) is 22.1. The number of rotatable bonds is 4. The maximum Gasteiger partial charge on any atom is 0.408 e. The molecule has 1 heterocycles. The molecule has 0 unspecified atom stereocenters. The number of cyclic esters (lactones) is 1. The van der Waals surface area contributed by atoms with Gasteiger partial charge in [-0.05, 0) is 44.4 Å². The average molecular weight is 413 g/mol. The third-order valence-electron chi connectivity index (χ3n) is 4.36. The minimum Gasteiger partial charge on any atom is -0.508 e. The smallest absolute Gasteiger partial charge is 0.408 e. The number of fused-ring (bicyclic) bond motifs is 1. The Labute approximate surface area is 176 Å². The molecular formula is C23H27NO6. The summed E-state index contributed by atoms with van der Waals surface area (Å²) in [5.74, 6) is -1.63. The Morgan fingerprint density at radius 3 is 2.47 bits per heavy atom. The molecule has 0 bridgehead atoms. The fraction of sp³-hybridized carbons (Fsp3) is 0.391. The fourth-order valence-electron chi connectivity index (χ4n) is 3.29. The normalized spacial score (nSPS) is 16.0. The van der Waals surface area contributed by atoms with Crippen LogP contribution >= 0.6 is 0 Å². The lowest BCUT2D eigenvalue weighted by atomic mass is 9.93. The average Bonchev–Trinajstić information content (AvgIpc) is 2.58. The van der Waals surface area contributed by atoms with Crippen LogP contribution in [0.5, 0.6) is 11.5 Å². The molecule has 0 fully saturated rings. The molecule has 30 heavy (non-hydrogen) atoms. The predicted octanol–water partition coefficient (Wildman–Crippen LogP) is 4.49. The van der Waals surface area contributed by atoms with Crippen molar-refractivity contribution in [1.82, 2.24) is 5.32 Å². The SMILES string of the molecule is CC(C)(C)OC(=O)N[C@@H](Cc1ccccc1)c1cc(O)cc2c1C(=O)OC(C)(C)O2. The van der Waals surface area contributed by atoms with Crippen LogP contribution in [0.25, 0.3) is 0 Å². The van der Waals surface area contributed by atoms with E-state index in [0.717, 1.165) is 5.56 Å². The summed E-state index contributed by atoms with van der Waals surface area (Å²) in [6, 6.07) is 11.6. The maximum absolute atomic E-state index is 12.8. The van der Waals surface area contributed by atoms with Crippen molar-refractivity contribution < 1.29 is 28.9 Å². The summed E-state index contributed by atoms with van der Waals surface area (Å²) in [7, 11) is 0. The minimum absolute atomic E-state index is 0.0849. The van der Waals surface area contributed by atoms with E-state index in [9.17, 15) is 14.7 Å². The molecule has 3 rings (SSSR count). The summed E-state index contributed by atoms with van der Waals surface area (Å²) in [6.07, 6.45) is -0.266. The van der Waals surface area contributed by atoms with E-state index in [4.69, 9.17) is 14.2 Å². The number of carbonyl (C=O) groups excluding carboxylic acids is 2. The molecule has 1 atom stereocenters. The number of nitrogens with one attached hydrogen (secondary N) is 1. The number of phenolic OH excluding ortho intramolecular Hbond substituents is 1. The van der Waals surface area contributed by atoms with Gasteiger partial charge in [0, 0.05) is 19.9 Å². The highest BCUT2D eigenvalue weighted by Crippen LogP contribution is 2.39. The zero-order valence-corrected chi connectivity index (χ0v) is 17.8. The van der Waals surface area contributed by atoms with E-state index < -0.39 is 29.5 Å². The summed E-state index contributed by atoms with van der Waals surface area (Å²) in [5.41, 5.74) is 0.802. The Morgan fingerprint density at radius 1 is 1.17 bits per heavy atom. The highest BCUT2D eigenvalue weighted by molar-refractivity contribution is 5.96. The van der Waals surface area contributed by atoms with Crippen molar-refractivity contribution in [3.8, 4) is 11.5 Å². The second kappa shape index (κ2) is 7.89. The summed E-state index contributed by atoms with van der Waals surface area (Å²) in [6.45, 7) is 8.52. The summed E-state index contributed by atoms with van der Waals surface area (Å²) >= 11 is 0. The lowest BCUT2D eigenvalue weighted by Crippen LogP contribution is -2.41.